The van der Waals surface area contributed by atoms with Gasteiger partial charge in [0.1, 0.15) is 11.6 Å². The van der Waals surface area contributed by atoms with Gasteiger partial charge in [-0.2, -0.15) is 0 Å². The molecule has 0 amide bonds. The summed E-state index contributed by atoms with van der Waals surface area (Å²) in [5, 5.41) is 0.974. The predicted molar refractivity (Wildman–Crippen MR) is 174 cm³/mol. The van der Waals surface area contributed by atoms with Crippen LogP contribution in [0.15, 0.2) is 48.5 Å². The van der Waals surface area contributed by atoms with Gasteiger partial charge in [-0.1, -0.05) is 12.1 Å². The van der Waals surface area contributed by atoms with E-state index in [4.69, 9.17) is 23.4 Å². The van der Waals surface area contributed by atoms with E-state index < -0.39 is 42.9 Å². The number of hydrogen-bond acceptors (Lipinski definition) is 6. The molecular weight excluding hydrogens is 575 g/mol. The molecule has 2 saturated heterocycles. The SMILES string of the molecule is CC1(C)OB(c2cc(F)c3c(c2)O[C@@H](c2ccc(C4CC4)s2)n2c-3cc3cc(B4OC(C)(C)C(C)(C)O4)ccc32)OC1(C)C. The van der Waals surface area contributed by atoms with E-state index in [2.05, 4.69) is 62.6 Å². The zero-order chi connectivity index (χ0) is 31.0. The van der Waals surface area contributed by atoms with Gasteiger partial charge >= 0.3 is 14.2 Å². The highest BCUT2D eigenvalue weighted by molar-refractivity contribution is 7.12. The highest BCUT2D eigenvalue weighted by Crippen LogP contribution is 2.49. The van der Waals surface area contributed by atoms with Gasteiger partial charge in [-0.15, -0.1) is 11.3 Å². The Labute approximate surface area is 263 Å². The van der Waals surface area contributed by atoms with Gasteiger partial charge in [-0.05, 0) is 121 Å². The highest BCUT2D eigenvalue weighted by Gasteiger charge is 2.53. The van der Waals surface area contributed by atoms with Gasteiger partial charge in [0.15, 0.2) is 0 Å². The van der Waals surface area contributed by atoms with Gasteiger partial charge in [0.2, 0.25) is 6.23 Å². The molecule has 1 atom stereocenters. The van der Waals surface area contributed by atoms with Gasteiger partial charge < -0.3 is 23.4 Å². The van der Waals surface area contributed by atoms with Crippen LogP contribution >= 0.6 is 11.3 Å². The maximum absolute atomic E-state index is 16.3. The highest BCUT2D eigenvalue weighted by atomic mass is 32.1. The molecule has 1 aliphatic carbocycles. The van der Waals surface area contributed by atoms with Crippen molar-refractivity contribution in [2.75, 3.05) is 0 Å². The summed E-state index contributed by atoms with van der Waals surface area (Å²) in [6, 6.07) is 16.1. The van der Waals surface area contributed by atoms with E-state index in [0.717, 1.165) is 26.9 Å². The number of ether oxygens (including phenoxy) is 1. The van der Waals surface area contributed by atoms with Gasteiger partial charge in [-0.25, -0.2) is 4.39 Å². The maximum Gasteiger partial charge on any atom is 0.495 e. The van der Waals surface area contributed by atoms with E-state index in [1.165, 1.54) is 23.8 Å². The van der Waals surface area contributed by atoms with Crippen molar-refractivity contribution in [3.05, 3.63) is 64.1 Å². The summed E-state index contributed by atoms with van der Waals surface area (Å²) in [5.41, 5.74) is 1.76. The second-order valence-corrected chi connectivity index (χ2v) is 15.9. The fourth-order valence-corrected chi connectivity index (χ4v) is 7.53. The first-order valence-electron chi connectivity index (χ1n) is 15.6. The largest absolute Gasteiger partial charge is 0.495 e. The zero-order valence-corrected chi connectivity index (χ0v) is 27.4. The molecule has 0 radical (unpaired) electrons. The van der Waals surface area contributed by atoms with E-state index in [-0.39, 0.29) is 5.82 Å². The number of benzene rings is 2. The second kappa shape index (κ2) is 9.23. The molecule has 0 N–H and O–H groups in total. The molecule has 3 fully saturated rings. The average molecular weight is 613 g/mol. The number of aromatic nitrogens is 1. The Morgan fingerprint density at radius 1 is 0.727 bits per heavy atom. The van der Waals surface area contributed by atoms with Crippen LogP contribution < -0.4 is 15.7 Å². The standard InChI is InChI=1S/C34H38B2FNO5S/c1-31(2)32(3,4)41-35(40-31)21-11-12-24-20(15-21)16-25-29-23(37)17-22(36-42-33(5,6)34(7,8)43-36)18-26(29)39-30(38(24)25)28-14-13-27(44-28)19-9-10-19/h11-19,30H,9-10H2,1-8H3/t30-/m0/s1. The van der Waals surface area contributed by atoms with Crippen LogP contribution in [0.25, 0.3) is 22.2 Å². The second-order valence-electron chi connectivity index (χ2n) is 14.8. The molecular formula is C34H38B2FNO5S. The molecule has 4 aliphatic rings. The number of rotatable bonds is 4. The van der Waals surface area contributed by atoms with Gasteiger partial charge in [0, 0.05) is 10.3 Å². The van der Waals surface area contributed by atoms with Crippen LogP contribution in [0.1, 0.15) is 90.1 Å². The minimum Gasteiger partial charge on any atom is -0.464 e. The summed E-state index contributed by atoms with van der Waals surface area (Å²) in [4.78, 5) is 2.47. The predicted octanol–water partition coefficient (Wildman–Crippen LogP) is 6.92. The van der Waals surface area contributed by atoms with Crippen molar-refractivity contribution in [1.82, 2.24) is 4.57 Å². The van der Waals surface area contributed by atoms with Crippen molar-refractivity contribution >= 4 is 47.4 Å². The fraction of sp³-hybridized carbons (Fsp3) is 0.471. The van der Waals surface area contributed by atoms with Crippen molar-refractivity contribution in [2.24, 2.45) is 0 Å². The van der Waals surface area contributed by atoms with Crippen molar-refractivity contribution in [3.63, 3.8) is 0 Å². The molecule has 0 unspecified atom stereocenters. The smallest absolute Gasteiger partial charge is 0.464 e. The van der Waals surface area contributed by atoms with Crippen molar-refractivity contribution in [1.29, 1.82) is 0 Å². The lowest BCUT2D eigenvalue weighted by Crippen LogP contribution is -2.41. The molecule has 4 aromatic rings. The third-order valence-electron chi connectivity index (χ3n) is 10.6. The summed E-state index contributed by atoms with van der Waals surface area (Å²) in [6.07, 6.45) is 2.02. The topological polar surface area (TPSA) is 51.1 Å². The number of fused-ring (bicyclic) bond motifs is 5. The van der Waals surface area contributed by atoms with Crippen molar-refractivity contribution in [3.8, 4) is 17.0 Å². The quantitative estimate of drug-likeness (QED) is 0.234. The Balaban J connectivity index is 1.25. The number of thiophene rings is 1. The molecule has 44 heavy (non-hydrogen) atoms. The summed E-state index contributed by atoms with van der Waals surface area (Å²) in [5.74, 6) is 0.758. The van der Waals surface area contributed by atoms with Crippen molar-refractivity contribution < 1.29 is 27.7 Å². The van der Waals surface area contributed by atoms with E-state index in [0.29, 0.717) is 22.7 Å². The first-order chi connectivity index (χ1) is 20.6. The van der Waals surface area contributed by atoms with E-state index in [9.17, 15) is 0 Å². The average Bonchev–Trinajstić information content (AvgIpc) is 3.36. The minimum absolute atomic E-state index is 0.370. The van der Waals surface area contributed by atoms with Crippen LogP contribution in [-0.2, 0) is 18.6 Å². The van der Waals surface area contributed by atoms with Crippen LogP contribution in [0, 0.1) is 5.82 Å². The molecule has 0 spiro atoms. The molecule has 0 bridgehead atoms. The lowest BCUT2D eigenvalue weighted by molar-refractivity contribution is 0.00578. The molecule has 3 aliphatic heterocycles. The summed E-state index contributed by atoms with van der Waals surface area (Å²) in [6.45, 7) is 16.2. The lowest BCUT2D eigenvalue weighted by atomic mass is 9.78. The van der Waals surface area contributed by atoms with Crippen LogP contribution in [0.3, 0.4) is 0 Å². The first kappa shape index (κ1) is 28.8. The normalized spacial score (nSPS) is 24.4. The van der Waals surface area contributed by atoms with E-state index in [1.807, 2.05) is 39.8 Å². The molecule has 228 valence electrons. The Morgan fingerprint density at radius 2 is 1.32 bits per heavy atom. The molecule has 1 saturated carbocycles. The van der Waals surface area contributed by atoms with Crippen LogP contribution in [0.4, 0.5) is 4.39 Å². The Kier molecular flexibility index (Phi) is 6.05. The summed E-state index contributed by atoms with van der Waals surface area (Å²) < 4.78 is 50.4. The number of hydrogen-bond donors (Lipinski definition) is 0. The summed E-state index contributed by atoms with van der Waals surface area (Å²) >= 11 is 1.79. The first-order valence-corrected chi connectivity index (χ1v) is 16.4. The monoisotopic (exact) mass is 613 g/mol. The molecule has 2 aromatic heterocycles. The third-order valence-corrected chi connectivity index (χ3v) is 11.9. The molecule has 6 nitrogen and oxygen atoms in total. The Morgan fingerprint density at radius 3 is 1.93 bits per heavy atom. The van der Waals surface area contributed by atoms with Crippen molar-refractivity contribution in [2.45, 2.75) is 103 Å². The van der Waals surface area contributed by atoms with Gasteiger partial charge in [0.25, 0.3) is 0 Å². The molecule has 2 aromatic carbocycles. The minimum atomic E-state index is -0.694. The summed E-state index contributed by atoms with van der Waals surface area (Å²) in [7, 11) is -1.18. The van der Waals surface area contributed by atoms with Crippen LogP contribution in [0.5, 0.6) is 5.75 Å². The molecule has 10 heteroatoms. The third kappa shape index (κ3) is 4.28. The fourth-order valence-electron chi connectivity index (χ4n) is 6.33. The Bertz CT molecular complexity index is 1790. The lowest BCUT2D eigenvalue weighted by Gasteiger charge is -2.32. The zero-order valence-electron chi connectivity index (χ0n) is 26.6. The maximum atomic E-state index is 16.3. The van der Waals surface area contributed by atoms with E-state index in [1.54, 1.807) is 11.3 Å². The Hall–Kier alpha value is -2.62. The molecule has 5 heterocycles. The van der Waals surface area contributed by atoms with Gasteiger partial charge in [0.05, 0.1) is 44.1 Å². The number of nitrogens with zero attached hydrogens (tertiary/aromatic N) is 1. The van der Waals surface area contributed by atoms with E-state index >= 15 is 4.39 Å². The van der Waals surface area contributed by atoms with Crippen LogP contribution in [0.2, 0.25) is 0 Å². The molecule has 8 rings (SSSR count). The van der Waals surface area contributed by atoms with Gasteiger partial charge in [-0.3, -0.25) is 4.57 Å². The number of halogens is 1. The van der Waals surface area contributed by atoms with Crippen LogP contribution in [-0.4, -0.2) is 41.2 Å².